The summed E-state index contributed by atoms with van der Waals surface area (Å²) in [6.45, 7) is -35.0. The number of aromatic amines is 2. The van der Waals surface area contributed by atoms with Gasteiger partial charge in [0.2, 0.25) is 10.9 Å². The molecule has 0 saturated carbocycles. The molecule has 61 heavy (non-hydrogen) atoms. The van der Waals surface area contributed by atoms with Crippen molar-refractivity contribution in [1.82, 2.24) is 9.97 Å². The number of rotatable bonds is 3. The van der Waals surface area contributed by atoms with Crippen molar-refractivity contribution >= 4 is 45.1 Å². The van der Waals surface area contributed by atoms with Crippen molar-refractivity contribution in [3.05, 3.63) is 139 Å². The molecule has 0 atom stereocenters. The van der Waals surface area contributed by atoms with Crippen LogP contribution in [-0.2, 0) is 21.7 Å². The second-order valence-corrected chi connectivity index (χ2v) is 13.5. The lowest BCUT2D eigenvalue weighted by molar-refractivity contribution is 0.0695. The first-order chi connectivity index (χ1) is 39.6. The number of phenols is 2. The lowest BCUT2D eigenvalue weighted by atomic mass is 9.79. The van der Waals surface area contributed by atoms with E-state index in [1.54, 1.807) is 36.4 Å². The number of H-pyrrole nitrogens is 2. The van der Waals surface area contributed by atoms with Crippen LogP contribution in [0.3, 0.4) is 0 Å². The van der Waals surface area contributed by atoms with Gasteiger partial charge in [-0.05, 0) is 80.3 Å². The van der Waals surface area contributed by atoms with Gasteiger partial charge in [0.1, 0.15) is 22.6 Å². The number of carboxylic acid groups (broad SMARTS) is 1. The van der Waals surface area contributed by atoms with Gasteiger partial charge in [-0.2, -0.15) is 0 Å². The van der Waals surface area contributed by atoms with Gasteiger partial charge in [0.25, 0.3) is 5.91 Å². The summed E-state index contributed by atoms with van der Waals surface area (Å²) < 4.78 is 237. The number of fused-ring (bicyclic) bond motifs is 2. The van der Waals surface area contributed by atoms with Crippen LogP contribution in [0.15, 0.2) is 94.8 Å². The van der Waals surface area contributed by atoms with Crippen LogP contribution in [0.4, 0.5) is 11.4 Å². The number of carbonyl (C=O) groups is 2. The maximum absolute atomic E-state index is 13.4. The van der Waals surface area contributed by atoms with E-state index in [0.717, 1.165) is 13.1 Å². The maximum atomic E-state index is 13.4. The molecule has 2 aromatic heterocycles. The third kappa shape index (κ3) is 11.9. The molecule has 0 aliphatic rings. The summed E-state index contributed by atoms with van der Waals surface area (Å²) >= 11 is 0. The molecule has 11 heteroatoms. The molecule has 0 aliphatic heterocycles. The fourth-order valence-corrected chi connectivity index (χ4v) is 5.60. The Hall–Kier alpha value is -6.36. The number of aromatic hydroxyl groups is 2. The molecule has 0 saturated heterocycles. The molecule has 4 aromatic carbocycles. The van der Waals surface area contributed by atoms with Gasteiger partial charge >= 0.3 is 5.97 Å². The summed E-state index contributed by atoms with van der Waals surface area (Å²) in [6, 6.07) is 14.8. The molecule has 11 nitrogen and oxygen atoms in total. The van der Waals surface area contributed by atoms with E-state index in [-0.39, 0.29) is 25.8 Å². The minimum atomic E-state index is -3.90. The number of nitrogens with two attached hydrogens (primary N) is 1. The molecule has 6 aromatic rings. The Bertz CT molecular complexity index is 3670. The summed E-state index contributed by atoms with van der Waals surface area (Å²) in [7, 11) is 0. The molecular formula is C50H66N4O7. The number of pyridine rings is 2. The van der Waals surface area contributed by atoms with Crippen LogP contribution >= 0.6 is 0 Å². The van der Waals surface area contributed by atoms with E-state index in [1.165, 1.54) is 18.3 Å². The highest BCUT2D eigenvalue weighted by atomic mass is 16.4. The zero-order valence-corrected chi connectivity index (χ0v) is 31.1. The Balaban J connectivity index is 0.000000518. The van der Waals surface area contributed by atoms with Crippen LogP contribution in [0.25, 0.3) is 21.8 Å². The molecule has 0 aliphatic carbocycles. The molecule has 1 amide bonds. The largest absolute Gasteiger partial charge is 0.508 e. The number of para-hydroxylation sites is 2. The zero-order chi connectivity index (χ0) is 69.4. The van der Waals surface area contributed by atoms with Gasteiger partial charge in [-0.25, -0.2) is 4.79 Å². The molecule has 0 bridgehead atoms. The number of nitrogen functional groups attached to an aromatic ring is 1. The standard InChI is InChI=1S/C24H28N2O3.C14H23NO.C10H7NO3.2CH4/c1-23(2,3)16-11-17(24(4,5)6)20(27)12-19(16)26-22(29)15-13-25-18-10-8-7-9-14(18)21(15)28;1-13(2,3)9-7-10(14(4,5)6)12(16)8-11(9)15;12-9-6-3-1-2-4-8(6)11-5-7(9)10(13)14;;/h7-13,27H,1-6H3,(H,25,28)(H,26,29);7-8,16H,15H2,1-6H3;1-5H,(H,11,12)(H,13,14);2*1H4/i2*1D3,2D3,4D3,5D3,6D3;;;. The van der Waals surface area contributed by atoms with Crippen molar-refractivity contribution in [2.45, 2.75) is 119 Å². The molecule has 0 spiro atoms. The van der Waals surface area contributed by atoms with Gasteiger partial charge in [-0.3, -0.25) is 14.4 Å². The summed E-state index contributed by atoms with van der Waals surface area (Å²) in [4.78, 5) is 54.1. The van der Waals surface area contributed by atoms with Crippen LogP contribution in [0.5, 0.6) is 11.5 Å². The number of amides is 1. The molecule has 328 valence electrons. The van der Waals surface area contributed by atoms with Crippen molar-refractivity contribution in [1.29, 1.82) is 0 Å². The Labute approximate surface area is 402 Å². The van der Waals surface area contributed by atoms with Crippen LogP contribution in [0, 0.1) is 0 Å². The second-order valence-electron chi connectivity index (χ2n) is 13.5. The van der Waals surface area contributed by atoms with Crippen LogP contribution in [0.2, 0.25) is 0 Å². The Morgan fingerprint density at radius 3 is 1.49 bits per heavy atom. The number of carbonyl (C=O) groups excluding carboxylic acids is 1. The predicted octanol–water partition coefficient (Wildman–Crippen LogP) is 11.1. The lowest BCUT2D eigenvalue weighted by Crippen LogP contribution is -2.25. The van der Waals surface area contributed by atoms with E-state index in [9.17, 15) is 29.4 Å². The molecule has 0 fully saturated rings. The summed E-state index contributed by atoms with van der Waals surface area (Å²) in [5, 5.41) is 32.8. The van der Waals surface area contributed by atoms with E-state index in [2.05, 4.69) is 15.3 Å². The van der Waals surface area contributed by atoms with Gasteiger partial charge in [-0.15, -0.1) is 0 Å². The Morgan fingerprint density at radius 2 is 1.02 bits per heavy atom. The lowest BCUT2D eigenvalue weighted by Gasteiger charge is -2.28. The first-order valence-corrected chi connectivity index (χ1v) is 16.9. The minimum absolute atomic E-state index is 0. The number of carboxylic acids is 1. The molecule has 2 heterocycles. The van der Waals surface area contributed by atoms with Crippen LogP contribution in [0.1, 0.15) is 181 Å². The highest BCUT2D eigenvalue weighted by molar-refractivity contribution is 6.06. The van der Waals surface area contributed by atoms with Gasteiger partial charge in [0.05, 0.1) is 0 Å². The number of hydrogen-bond donors (Lipinski definition) is 7. The Morgan fingerprint density at radius 1 is 0.607 bits per heavy atom. The quantitative estimate of drug-likeness (QED) is 0.0852. The number of nitrogens with one attached hydrogen (secondary N) is 3. The maximum Gasteiger partial charge on any atom is 0.341 e. The number of anilines is 2. The minimum Gasteiger partial charge on any atom is -0.508 e. The monoisotopic (exact) mass is 865 g/mol. The van der Waals surface area contributed by atoms with E-state index in [0.29, 0.717) is 47.6 Å². The molecular weight excluding hydrogens is 769 g/mol. The summed E-state index contributed by atoms with van der Waals surface area (Å²) in [5.74, 6) is -4.86. The number of aromatic nitrogens is 2. The smallest absolute Gasteiger partial charge is 0.341 e. The van der Waals surface area contributed by atoms with Crippen molar-refractivity contribution in [2.75, 3.05) is 11.1 Å². The van der Waals surface area contributed by atoms with Crippen LogP contribution in [-0.4, -0.2) is 37.2 Å². The highest BCUT2D eigenvalue weighted by Crippen LogP contribution is 2.40. The number of benzene rings is 4. The van der Waals surface area contributed by atoms with Gasteiger partial charge in [-0.1, -0.05) is 121 Å². The van der Waals surface area contributed by atoms with Gasteiger partial charge in [0.15, 0.2) is 0 Å². The van der Waals surface area contributed by atoms with Crippen molar-refractivity contribution in [2.24, 2.45) is 0 Å². The third-order valence-electron chi connectivity index (χ3n) is 8.49. The SMILES string of the molecule is C.C.O=C(O)c1c[nH]c2ccccc2c1=O.[2H]C([2H])([2H])C(C)(c1cc(C(C([2H])([2H])[2H])(C([2H])([2H])[2H])C([2H])([2H])[2H])c(O)cc1N)C([2H])([2H])[2H].[2H]C([2H])([2H])C(C)(c1cc(C(C([2H])([2H])[2H])(C([2H])([2H])[2H])C([2H])([2H])[2H])c(O)cc1NC(=O)c1c[nH]c2ccccc2c1=O)C([2H])([2H])[2H]. The van der Waals surface area contributed by atoms with E-state index < -0.39 is 164 Å². The summed E-state index contributed by atoms with van der Waals surface area (Å²) in [6.07, 6.45) is 2.25. The van der Waals surface area contributed by atoms with E-state index >= 15 is 0 Å². The number of hydrogen-bond acceptors (Lipinski definition) is 7. The first-order valence-electron chi connectivity index (χ1n) is 31.9. The Kier molecular flexibility index (Phi) is 6.65. The third-order valence-corrected chi connectivity index (χ3v) is 8.49. The summed E-state index contributed by atoms with van der Waals surface area (Å²) in [5.41, 5.74) is -14.0. The average Bonchev–Trinajstić information content (AvgIpc) is 0.705. The van der Waals surface area contributed by atoms with Gasteiger partial charge < -0.3 is 36.3 Å². The van der Waals surface area contributed by atoms with Crippen LogP contribution < -0.4 is 21.9 Å². The van der Waals surface area contributed by atoms with Crippen molar-refractivity contribution in [3.63, 3.8) is 0 Å². The number of phenolic OH excluding ortho intramolecular Hbond substituents is 2. The second kappa shape index (κ2) is 18.9. The normalized spacial score (nSPS) is 20.9. The van der Waals surface area contributed by atoms with Crippen molar-refractivity contribution < 1.29 is 66.0 Å². The van der Waals surface area contributed by atoms with Crippen molar-refractivity contribution in [3.8, 4) is 11.5 Å². The first kappa shape index (κ1) is 21.4. The topological polar surface area (TPSA) is 199 Å². The van der Waals surface area contributed by atoms with Gasteiger partial charge in [0, 0.05) is 98.8 Å². The van der Waals surface area contributed by atoms with E-state index in [4.69, 9.17) is 52.0 Å². The fourth-order valence-electron chi connectivity index (χ4n) is 5.60. The highest BCUT2D eigenvalue weighted by Gasteiger charge is 2.27. The zero-order valence-electron chi connectivity index (χ0n) is 61.1. The average molecular weight is 865 g/mol. The molecule has 0 radical (unpaired) electrons. The molecule has 0 unspecified atom stereocenters. The molecule has 6 rings (SSSR count). The van der Waals surface area contributed by atoms with E-state index in [1.807, 2.05) is 0 Å². The number of aromatic carboxylic acids is 1. The molecule has 8 N–H and O–H groups in total. The predicted molar refractivity (Wildman–Crippen MR) is 253 cm³/mol. The fraction of sp³-hybridized carbons (Fsp3) is 0.360.